The summed E-state index contributed by atoms with van der Waals surface area (Å²) in [7, 11) is 1.77. The Balaban J connectivity index is 1.57. The number of nitrogens with one attached hydrogen (secondary N) is 1. The van der Waals surface area contributed by atoms with Crippen molar-refractivity contribution in [2.75, 3.05) is 31.1 Å². The van der Waals surface area contributed by atoms with Gasteiger partial charge in [0.25, 0.3) is 0 Å². The van der Waals surface area contributed by atoms with Gasteiger partial charge in [-0.1, -0.05) is 18.2 Å². The quantitative estimate of drug-likeness (QED) is 0.915. The van der Waals surface area contributed by atoms with Crippen LogP contribution in [0.1, 0.15) is 25.2 Å². The molecule has 1 saturated heterocycles. The molecule has 2 amide bonds. The zero-order valence-electron chi connectivity index (χ0n) is 14.1. The van der Waals surface area contributed by atoms with E-state index < -0.39 is 0 Å². The van der Waals surface area contributed by atoms with Gasteiger partial charge in [-0.2, -0.15) is 0 Å². The Bertz CT molecular complexity index is 672. The van der Waals surface area contributed by atoms with Crippen molar-refractivity contribution < 1.29 is 4.79 Å². The Morgan fingerprint density at radius 3 is 2.67 bits per heavy atom. The second-order valence-electron chi connectivity index (χ2n) is 6.00. The maximum absolute atomic E-state index is 12.5. The normalized spacial score (nSPS) is 16.6. The van der Waals surface area contributed by atoms with Crippen LogP contribution < -0.4 is 10.2 Å². The lowest BCUT2D eigenvalue weighted by Gasteiger charge is -2.24. The summed E-state index contributed by atoms with van der Waals surface area (Å²) in [5.74, 6) is 0.643. The van der Waals surface area contributed by atoms with Crippen LogP contribution in [0.5, 0.6) is 0 Å². The molecule has 1 N–H and O–H groups in total. The van der Waals surface area contributed by atoms with Crippen LogP contribution in [0.25, 0.3) is 0 Å². The molecule has 128 valence electrons. The van der Waals surface area contributed by atoms with E-state index in [4.69, 9.17) is 0 Å². The summed E-state index contributed by atoms with van der Waals surface area (Å²) in [6.45, 7) is 5.12. The molecule has 0 saturated carbocycles. The number of aromatic nitrogens is 4. The molecule has 24 heavy (non-hydrogen) atoms. The number of amides is 2. The number of rotatable bonds is 3. The summed E-state index contributed by atoms with van der Waals surface area (Å²) in [4.78, 5) is 16.7. The molecule has 3 rings (SSSR count). The molecule has 0 bridgehead atoms. The zero-order valence-corrected chi connectivity index (χ0v) is 14.1. The van der Waals surface area contributed by atoms with Gasteiger partial charge in [0.05, 0.1) is 6.04 Å². The summed E-state index contributed by atoms with van der Waals surface area (Å²) in [6.07, 6.45) is 0.947. The fourth-order valence-corrected chi connectivity index (χ4v) is 2.96. The van der Waals surface area contributed by atoms with Gasteiger partial charge in [0.1, 0.15) is 0 Å². The number of hydrogen-bond acceptors (Lipinski definition) is 5. The van der Waals surface area contributed by atoms with Crippen molar-refractivity contribution in [1.29, 1.82) is 0 Å². The van der Waals surface area contributed by atoms with E-state index >= 15 is 0 Å². The van der Waals surface area contributed by atoms with Crippen LogP contribution in [0, 0.1) is 0 Å². The summed E-state index contributed by atoms with van der Waals surface area (Å²) >= 11 is 0. The molecule has 1 fully saturated rings. The van der Waals surface area contributed by atoms with Crippen molar-refractivity contribution in [3.63, 3.8) is 0 Å². The van der Waals surface area contributed by atoms with Crippen molar-refractivity contribution in [3.8, 4) is 0 Å². The molecule has 1 aromatic heterocycles. The predicted octanol–water partition coefficient (Wildman–Crippen LogP) is 1.19. The summed E-state index contributed by atoms with van der Waals surface area (Å²) in [5, 5.41) is 14.3. The van der Waals surface area contributed by atoms with E-state index in [9.17, 15) is 4.79 Å². The Morgan fingerprint density at radius 1 is 1.17 bits per heavy atom. The number of carbonyl (C=O) groups is 1. The zero-order chi connectivity index (χ0) is 16.9. The Labute approximate surface area is 141 Å². The molecule has 8 heteroatoms. The molecular weight excluding hydrogens is 306 g/mol. The lowest BCUT2D eigenvalue weighted by molar-refractivity contribution is 0.197. The van der Waals surface area contributed by atoms with Crippen molar-refractivity contribution in [2.45, 2.75) is 19.4 Å². The van der Waals surface area contributed by atoms with Crippen molar-refractivity contribution in [2.24, 2.45) is 7.05 Å². The lowest BCUT2D eigenvalue weighted by atomic mass is 10.3. The molecule has 0 radical (unpaired) electrons. The van der Waals surface area contributed by atoms with Crippen LogP contribution >= 0.6 is 0 Å². The van der Waals surface area contributed by atoms with Gasteiger partial charge in [-0.15, -0.1) is 5.10 Å². The van der Waals surface area contributed by atoms with Gasteiger partial charge in [0, 0.05) is 38.9 Å². The van der Waals surface area contributed by atoms with Gasteiger partial charge in [-0.3, -0.25) is 0 Å². The molecular formula is C16H23N7O. The average Bonchev–Trinajstić information content (AvgIpc) is 2.87. The summed E-state index contributed by atoms with van der Waals surface area (Å²) in [5.41, 5.74) is 1.21. The van der Waals surface area contributed by atoms with Crippen LogP contribution in [0.15, 0.2) is 30.3 Å². The third kappa shape index (κ3) is 3.64. The lowest BCUT2D eigenvalue weighted by Crippen LogP contribution is -2.43. The van der Waals surface area contributed by atoms with E-state index in [0.29, 0.717) is 12.4 Å². The van der Waals surface area contributed by atoms with Crippen LogP contribution in [0.2, 0.25) is 0 Å². The third-order valence-electron chi connectivity index (χ3n) is 4.28. The maximum Gasteiger partial charge on any atom is 0.318 e. The monoisotopic (exact) mass is 329 g/mol. The van der Waals surface area contributed by atoms with Crippen molar-refractivity contribution >= 4 is 11.7 Å². The third-order valence-corrected chi connectivity index (χ3v) is 4.28. The van der Waals surface area contributed by atoms with E-state index in [0.717, 1.165) is 26.1 Å². The first-order valence-corrected chi connectivity index (χ1v) is 8.23. The second-order valence-corrected chi connectivity index (χ2v) is 6.00. The highest BCUT2D eigenvalue weighted by Gasteiger charge is 2.22. The number of benzene rings is 1. The van der Waals surface area contributed by atoms with E-state index in [-0.39, 0.29) is 12.1 Å². The fraction of sp³-hybridized carbons (Fsp3) is 0.500. The first kappa shape index (κ1) is 16.2. The number of carbonyl (C=O) groups excluding carboxylic acids is 1. The molecule has 1 aromatic carbocycles. The highest BCUT2D eigenvalue weighted by Crippen LogP contribution is 2.16. The van der Waals surface area contributed by atoms with Crippen LogP contribution in [-0.4, -0.2) is 57.3 Å². The van der Waals surface area contributed by atoms with Gasteiger partial charge >= 0.3 is 6.03 Å². The highest BCUT2D eigenvalue weighted by molar-refractivity contribution is 5.74. The molecule has 0 aliphatic carbocycles. The average molecular weight is 329 g/mol. The summed E-state index contributed by atoms with van der Waals surface area (Å²) in [6, 6.07) is 10.0. The predicted molar refractivity (Wildman–Crippen MR) is 90.6 cm³/mol. The maximum atomic E-state index is 12.5. The number of anilines is 1. The standard InChI is InChI=1S/C16H23N7O/c1-13(15-18-19-20-21(15)2)17-16(24)23-10-6-9-22(11-12-23)14-7-4-3-5-8-14/h3-5,7-8,13H,6,9-12H2,1-2H3,(H,17,24)/t13-/m0/s1. The molecule has 2 aromatic rings. The first-order valence-electron chi connectivity index (χ1n) is 8.23. The minimum absolute atomic E-state index is 0.0691. The number of urea groups is 1. The summed E-state index contributed by atoms with van der Waals surface area (Å²) < 4.78 is 1.57. The Morgan fingerprint density at radius 2 is 1.96 bits per heavy atom. The number of para-hydroxylation sites is 1. The number of tetrazole rings is 1. The van der Waals surface area contributed by atoms with Gasteiger partial charge in [0.2, 0.25) is 0 Å². The topological polar surface area (TPSA) is 79.2 Å². The van der Waals surface area contributed by atoms with Crippen molar-refractivity contribution in [1.82, 2.24) is 30.4 Å². The van der Waals surface area contributed by atoms with E-state index in [1.54, 1.807) is 11.7 Å². The first-order chi connectivity index (χ1) is 11.6. The van der Waals surface area contributed by atoms with Gasteiger partial charge in [0.15, 0.2) is 5.82 Å². The van der Waals surface area contributed by atoms with Crippen LogP contribution in [-0.2, 0) is 7.05 Å². The molecule has 8 nitrogen and oxygen atoms in total. The molecule has 1 aliphatic rings. The molecule has 1 aliphatic heterocycles. The van der Waals surface area contributed by atoms with Gasteiger partial charge in [-0.25, -0.2) is 9.48 Å². The largest absolute Gasteiger partial charge is 0.370 e. The molecule has 0 unspecified atom stereocenters. The van der Waals surface area contributed by atoms with E-state index in [1.165, 1.54) is 5.69 Å². The minimum Gasteiger partial charge on any atom is -0.370 e. The van der Waals surface area contributed by atoms with Crippen LogP contribution in [0.3, 0.4) is 0 Å². The van der Waals surface area contributed by atoms with Crippen molar-refractivity contribution in [3.05, 3.63) is 36.2 Å². The van der Waals surface area contributed by atoms with E-state index in [2.05, 4.69) is 37.9 Å². The van der Waals surface area contributed by atoms with Crippen LogP contribution in [0.4, 0.5) is 10.5 Å². The van der Waals surface area contributed by atoms with E-state index in [1.807, 2.05) is 30.0 Å². The molecule has 2 heterocycles. The number of aryl methyl sites for hydroxylation is 1. The smallest absolute Gasteiger partial charge is 0.318 e. The SMILES string of the molecule is C[C@H](NC(=O)N1CCCN(c2ccccc2)CC1)c1nnnn1C. The Kier molecular flexibility index (Phi) is 4.93. The second kappa shape index (κ2) is 7.29. The molecule has 0 spiro atoms. The molecule has 1 atom stereocenters. The fourth-order valence-electron chi connectivity index (χ4n) is 2.96. The van der Waals surface area contributed by atoms with Gasteiger partial charge < -0.3 is 15.1 Å². The van der Waals surface area contributed by atoms with Gasteiger partial charge in [-0.05, 0) is 35.9 Å². The minimum atomic E-state index is -0.231. The number of nitrogens with zero attached hydrogens (tertiary/aromatic N) is 6. The number of hydrogen-bond donors (Lipinski definition) is 1. The Hall–Kier alpha value is -2.64. The highest BCUT2D eigenvalue weighted by atomic mass is 16.2.